The van der Waals surface area contributed by atoms with Crippen molar-refractivity contribution in [2.75, 3.05) is 46.9 Å². The van der Waals surface area contributed by atoms with Crippen LogP contribution < -0.4 is 10.6 Å². The minimum Gasteiger partial charge on any atom is -0.377 e. The number of nitrogens with one attached hydrogen (secondary N) is 2. The van der Waals surface area contributed by atoms with E-state index in [4.69, 9.17) is 4.74 Å². The Morgan fingerprint density at radius 1 is 1.26 bits per heavy atom. The number of nitrogens with zero attached hydrogens (tertiary/aromatic N) is 3. The van der Waals surface area contributed by atoms with Gasteiger partial charge in [0, 0.05) is 45.8 Å². The molecule has 1 amide bonds. The lowest BCUT2D eigenvalue weighted by atomic mass is 10.1. The maximum Gasteiger partial charge on any atom is 0.243 e. The van der Waals surface area contributed by atoms with Crippen molar-refractivity contribution in [2.24, 2.45) is 4.99 Å². The van der Waals surface area contributed by atoms with Gasteiger partial charge in [0.1, 0.15) is 6.54 Å². The molecule has 8 heteroatoms. The molecule has 0 radical (unpaired) electrons. The second-order valence-electron chi connectivity index (χ2n) is 7.59. The lowest BCUT2D eigenvalue weighted by molar-refractivity contribution is -0.127. The Morgan fingerprint density at radius 2 is 1.89 bits per heavy atom. The Bertz CT molecular complexity index is 438. The highest BCUT2D eigenvalue weighted by molar-refractivity contribution is 14.0. The molecule has 27 heavy (non-hydrogen) atoms. The molecule has 0 bridgehead atoms. The molecule has 0 aromatic carbocycles. The van der Waals surface area contributed by atoms with Gasteiger partial charge in [-0.3, -0.25) is 4.79 Å². The van der Waals surface area contributed by atoms with E-state index in [-0.39, 0.29) is 36.4 Å². The average Bonchev–Trinajstić information content (AvgIpc) is 2.60. The second kappa shape index (κ2) is 14.4. The Morgan fingerprint density at radius 3 is 2.41 bits per heavy atom. The van der Waals surface area contributed by atoms with E-state index in [1.807, 2.05) is 0 Å². The summed E-state index contributed by atoms with van der Waals surface area (Å²) in [5.74, 6) is 0.756. The van der Waals surface area contributed by atoms with Gasteiger partial charge in [-0.15, -0.1) is 24.0 Å². The van der Waals surface area contributed by atoms with Crippen molar-refractivity contribution in [3.8, 4) is 0 Å². The topological polar surface area (TPSA) is 69.2 Å². The van der Waals surface area contributed by atoms with Gasteiger partial charge >= 0.3 is 0 Å². The number of amides is 1. The van der Waals surface area contributed by atoms with Gasteiger partial charge in [-0.25, -0.2) is 4.99 Å². The number of carbonyl (C=O) groups excluding carboxylic acids is 1. The van der Waals surface area contributed by atoms with Crippen LogP contribution in [0.25, 0.3) is 0 Å². The van der Waals surface area contributed by atoms with Gasteiger partial charge in [0.25, 0.3) is 0 Å². The largest absolute Gasteiger partial charge is 0.377 e. The van der Waals surface area contributed by atoms with Crippen LogP contribution in [0.1, 0.15) is 47.0 Å². The zero-order valence-electron chi connectivity index (χ0n) is 18.0. The highest BCUT2D eigenvalue weighted by Gasteiger charge is 2.20. The molecule has 1 saturated heterocycles. The summed E-state index contributed by atoms with van der Waals surface area (Å²) in [7, 11) is 3.51. The molecule has 2 N–H and O–H groups in total. The van der Waals surface area contributed by atoms with Crippen LogP contribution in [0.5, 0.6) is 0 Å². The molecule has 1 unspecified atom stereocenters. The van der Waals surface area contributed by atoms with E-state index in [2.05, 4.69) is 48.2 Å². The van der Waals surface area contributed by atoms with Crippen LogP contribution in [0.4, 0.5) is 0 Å². The van der Waals surface area contributed by atoms with Gasteiger partial charge in [0.05, 0.1) is 12.7 Å². The average molecular weight is 497 g/mol. The van der Waals surface area contributed by atoms with Crippen molar-refractivity contribution in [3.05, 3.63) is 0 Å². The first-order chi connectivity index (χ1) is 12.3. The van der Waals surface area contributed by atoms with Gasteiger partial charge in [0.15, 0.2) is 5.96 Å². The van der Waals surface area contributed by atoms with Crippen LogP contribution in [-0.2, 0) is 9.53 Å². The molecule has 0 aliphatic carbocycles. The maximum atomic E-state index is 11.8. The van der Waals surface area contributed by atoms with E-state index in [0.29, 0.717) is 18.2 Å². The van der Waals surface area contributed by atoms with Crippen LogP contribution in [0, 0.1) is 0 Å². The van der Waals surface area contributed by atoms with Crippen LogP contribution in [-0.4, -0.2) is 86.7 Å². The summed E-state index contributed by atoms with van der Waals surface area (Å²) < 4.78 is 5.64. The quantitative estimate of drug-likeness (QED) is 0.290. The Labute approximate surface area is 182 Å². The van der Waals surface area contributed by atoms with Crippen molar-refractivity contribution >= 4 is 35.8 Å². The van der Waals surface area contributed by atoms with Crippen LogP contribution in [0.2, 0.25) is 0 Å². The van der Waals surface area contributed by atoms with Crippen molar-refractivity contribution in [3.63, 3.8) is 0 Å². The molecule has 0 spiro atoms. The highest BCUT2D eigenvalue weighted by atomic mass is 127. The molecule has 0 saturated carbocycles. The summed E-state index contributed by atoms with van der Waals surface area (Å²) in [6.07, 6.45) is 3.45. The Kier molecular flexibility index (Phi) is 14.1. The summed E-state index contributed by atoms with van der Waals surface area (Å²) in [6, 6.07) is 0.714. The predicted octanol–water partition coefficient (Wildman–Crippen LogP) is 1.92. The number of rotatable bonds is 9. The Balaban J connectivity index is 0.00000676. The number of halogens is 1. The van der Waals surface area contributed by atoms with Gasteiger partial charge in [-0.05, 0) is 40.0 Å². The minimum absolute atomic E-state index is 0. The van der Waals surface area contributed by atoms with Gasteiger partial charge < -0.3 is 25.2 Å². The normalized spacial score (nSPS) is 17.4. The molecule has 0 aromatic heterocycles. The van der Waals surface area contributed by atoms with Crippen LogP contribution in [0.3, 0.4) is 0 Å². The molecule has 1 rings (SSSR count). The second-order valence-corrected chi connectivity index (χ2v) is 7.59. The Hall–Kier alpha value is -0.610. The number of likely N-dealkylation sites (tertiary alicyclic amines) is 1. The third-order valence-electron chi connectivity index (χ3n) is 4.65. The fourth-order valence-electron chi connectivity index (χ4n) is 2.67. The summed E-state index contributed by atoms with van der Waals surface area (Å²) in [5.41, 5.74) is 0. The number of likely N-dealkylation sites (N-methyl/N-ethyl adjacent to an activating group) is 1. The van der Waals surface area contributed by atoms with E-state index in [9.17, 15) is 4.79 Å². The van der Waals surface area contributed by atoms with E-state index < -0.39 is 0 Å². The first-order valence-corrected chi connectivity index (χ1v) is 9.93. The molecule has 1 heterocycles. The SMILES string of the molecule is CCC(C)NC(=NCC(=O)N(C)C)NC1CCN(CCOC(C)C)CC1.I. The molecule has 1 aliphatic rings. The van der Waals surface area contributed by atoms with E-state index >= 15 is 0 Å². The number of piperidine rings is 1. The lowest BCUT2D eigenvalue weighted by Gasteiger charge is -2.33. The molecule has 1 aliphatic heterocycles. The fourth-order valence-corrected chi connectivity index (χ4v) is 2.67. The van der Waals surface area contributed by atoms with Crippen LogP contribution in [0.15, 0.2) is 4.99 Å². The number of hydrogen-bond donors (Lipinski definition) is 2. The first-order valence-electron chi connectivity index (χ1n) is 9.93. The minimum atomic E-state index is 0. The van der Waals surface area contributed by atoms with Crippen molar-refractivity contribution in [2.45, 2.75) is 65.1 Å². The van der Waals surface area contributed by atoms with Gasteiger partial charge in [-0.2, -0.15) is 0 Å². The number of hydrogen-bond acceptors (Lipinski definition) is 4. The molecular formula is C19H40IN5O2. The summed E-state index contributed by atoms with van der Waals surface area (Å²) >= 11 is 0. The monoisotopic (exact) mass is 497 g/mol. The smallest absolute Gasteiger partial charge is 0.243 e. The zero-order valence-corrected chi connectivity index (χ0v) is 20.3. The molecule has 7 nitrogen and oxygen atoms in total. The van der Waals surface area contributed by atoms with Crippen LogP contribution >= 0.6 is 24.0 Å². The fraction of sp³-hybridized carbons (Fsp3) is 0.895. The third kappa shape index (κ3) is 11.7. The van der Waals surface area contributed by atoms with Gasteiger partial charge in [0.2, 0.25) is 5.91 Å². The summed E-state index contributed by atoms with van der Waals surface area (Å²) in [6.45, 7) is 12.5. The van der Waals surface area contributed by atoms with Crippen molar-refractivity contribution in [1.82, 2.24) is 20.4 Å². The number of ether oxygens (including phenoxy) is 1. The highest BCUT2D eigenvalue weighted by Crippen LogP contribution is 2.10. The van der Waals surface area contributed by atoms with E-state index in [1.165, 1.54) is 0 Å². The molecule has 160 valence electrons. The predicted molar refractivity (Wildman–Crippen MR) is 123 cm³/mol. The van der Waals surface area contributed by atoms with Gasteiger partial charge in [-0.1, -0.05) is 6.92 Å². The molecule has 1 fully saturated rings. The zero-order chi connectivity index (χ0) is 19.5. The molecule has 1 atom stereocenters. The summed E-state index contributed by atoms with van der Waals surface area (Å²) in [4.78, 5) is 20.3. The van der Waals surface area contributed by atoms with Crippen molar-refractivity contribution in [1.29, 1.82) is 0 Å². The lowest BCUT2D eigenvalue weighted by Crippen LogP contribution is -2.51. The molecular weight excluding hydrogens is 457 g/mol. The first kappa shape index (κ1) is 26.4. The van der Waals surface area contributed by atoms with Crippen molar-refractivity contribution < 1.29 is 9.53 Å². The summed E-state index contributed by atoms with van der Waals surface area (Å²) in [5, 5.41) is 6.92. The standard InChI is InChI=1S/C19H39N5O2.HI/c1-7-16(4)21-19(20-14-18(25)23(5)6)22-17-8-10-24(11-9-17)12-13-26-15(2)3;/h15-17H,7-14H2,1-6H3,(H2,20,21,22);1H. The number of guanidine groups is 1. The van der Waals surface area contributed by atoms with E-state index in [0.717, 1.165) is 51.5 Å². The number of carbonyl (C=O) groups is 1. The third-order valence-corrected chi connectivity index (χ3v) is 4.65. The van der Waals surface area contributed by atoms with E-state index in [1.54, 1.807) is 19.0 Å². The molecule has 0 aromatic rings. The maximum absolute atomic E-state index is 11.8. The number of aliphatic imine (C=N–C) groups is 1.